The molecule has 154 valence electrons. The molecule has 1 aliphatic heterocycles. The van der Waals surface area contributed by atoms with Crippen LogP contribution in [-0.4, -0.2) is 51.6 Å². The van der Waals surface area contributed by atoms with E-state index >= 15 is 0 Å². The summed E-state index contributed by atoms with van der Waals surface area (Å²) < 4.78 is 55.4. The Balaban J connectivity index is 1.49. The van der Waals surface area contributed by atoms with Gasteiger partial charge in [0.2, 0.25) is 20.0 Å². The molecule has 0 bridgehead atoms. The molecule has 29 heavy (non-hydrogen) atoms. The predicted molar refractivity (Wildman–Crippen MR) is 116 cm³/mol. The van der Waals surface area contributed by atoms with Gasteiger partial charge in [-0.3, -0.25) is 0 Å². The standard InChI is InChI=1S/C20H21BrN2O4S2/c21-18-6-9-19(10-7-18)28(24,25)22-11-13-23(14-12-22)29(26,27)20-8-5-16-3-1-2-4-17(16)15-20/h1-4,6-7,9-10,15H,5,8,11-14H2. The van der Waals surface area contributed by atoms with Gasteiger partial charge < -0.3 is 0 Å². The number of rotatable bonds is 4. The molecule has 2 aromatic carbocycles. The van der Waals surface area contributed by atoms with E-state index in [0.717, 1.165) is 15.6 Å². The molecule has 0 N–H and O–H groups in total. The highest BCUT2D eigenvalue weighted by Crippen LogP contribution is 2.30. The van der Waals surface area contributed by atoms with Crippen molar-refractivity contribution in [3.63, 3.8) is 0 Å². The highest BCUT2D eigenvalue weighted by molar-refractivity contribution is 9.10. The van der Waals surface area contributed by atoms with Crippen molar-refractivity contribution in [1.29, 1.82) is 0 Å². The van der Waals surface area contributed by atoms with Crippen LogP contribution in [0.4, 0.5) is 0 Å². The number of nitrogens with zero attached hydrogens (tertiary/aromatic N) is 2. The average Bonchev–Trinajstić information content (AvgIpc) is 2.74. The number of halogens is 1. The molecule has 9 heteroatoms. The summed E-state index contributed by atoms with van der Waals surface area (Å²) >= 11 is 3.30. The zero-order valence-corrected chi connectivity index (χ0v) is 18.9. The highest BCUT2D eigenvalue weighted by Gasteiger charge is 2.35. The minimum atomic E-state index is -3.64. The summed E-state index contributed by atoms with van der Waals surface area (Å²) in [6.45, 7) is 0.581. The summed E-state index contributed by atoms with van der Waals surface area (Å²) in [5.41, 5.74) is 2.09. The number of benzene rings is 2. The van der Waals surface area contributed by atoms with E-state index in [1.807, 2.05) is 24.3 Å². The van der Waals surface area contributed by atoms with Crippen molar-refractivity contribution in [1.82, 2.24) is 8.61 Å². The first-order valence-corrected chi connectivity index (χ1v) is 13.0. The van der Waals surface area contributed by atoms with Crippen LogP contribution in [0.5, 0.6) is 0 Å². The van der Waals surface area contributed by atoms with Gasteiger partial charge in [-0.15, -0.1) is 0 Å². The highest BCUT2D eigenvalue weighted by atomic mass is 79.9. The van der Waals surface area contributed by atoms with Crippen LogP contribution >= 0.6 is 15.9 Å². The van der Waals surface area contributed by atoms with Crippen LogP contribution in [0.2, 0.25) is 0 Å². The fourth-order valence-corrected chi connectivity index (χ4v) is 6.98. The van der Waals surface area contributed by atoms with E-state index < -0.39 is 20.0 Å². The van der Waals surface area contributed by atoms with Gasteiger partial charge in [0.15, 0.2) is 0 Å². The van der Waals surface area contributed by atoms with Crippen LogP contribution in [-0.2, 0) is 26.5 Å². The number of hydrogen-bond acceptors (Lipinski definition) is 4. The molecule has 0 amide bonds. The van der Waals surface area contributed by atoms with Crippen LogP contribution in [0.3, 0.4) is 0 Å². The summed E-state index contributed by atoms with van der Waals surface area (Å²) in [4.78, 5) is 0.615. The third kappa shape index (κ3) is 4.06. The van der Waals surface area contributed by atoms with Crippen molar-refractivity contribution < 1.29 is 16.8 Å². The van der Waals surface area contributed by atoms with Gasteiger partial charge in [-0.25, -0.2) is 16.8 Å². The smallest absolute Gasteiger partial charge is 0.207 e. The SMILES string of the molecule is O=S(=O)(C1=Cc2ccccc2CC1)N1CCN(S(=O)(=O)c2ccc(Br)cc2)CC1. The molecule has 0 unspecified atom stereocenters. The Kier molecular flexibility index (Phi) is 5.69. The molecule has 1 heterocycles. The second-order valence-electron chi connectivity index (χ2n) is 7.07. The Hall–Kier alpha value is -1.52. The molecule has 1 saturated heterocycles. The fraction of sp³-hybridized carbons (Fsp3) is 0.300. The molecule has 0 spiro atoms. The molecular formula is C20H21BrN2O4S2. The van der Waals surface area contributed by atoms with Gasteiger partial charge in [-0.2, -0.15) is 8.61 Å². The molecule has 0 aromatic heterocycles. The molecule has 6 nitrogen and oxygen atoms in total. The Morgan fingerprint density at radius 3 is 1.97 bits per heavy atom. The molecular weight excluding hydrogens is 476 g/mol. The largest absolute Gasteiger partial charge is 0.243 e. The minimum Gasteiger partial charge on any atom is -0.207 e. The van der Waals surface area contributed by atoms with E-state index in [1.54, 1.807) is 30.3 Å². The lowest BCUT2D eigenvalue weighted by Crippen LogP contribution is -2.50. The van der Waals surface area contributed by atoms with E-state index in [2.05, 4.69) is 15.9 Å². The van der Waals surface area contributed by atoms with Gasteiger partial charge in [0.25, 0.3) is 0 Å². The van der Waals surface area contributed by atoms with Gasteiger partial charge in [0.1, 0.15) is 0 Å². The van der Waals surface area contributed by atoms with Gasteiger partial charge in [-0.05, 0) is 54.3 Å². The Labute approximate surface area is 180 Å². The monoisotopic (exact) mass is 496 g/mol. The van der Waals surface area contributed by atoms with Crippen LogP contribution < -0.4 is 0 Å². The van der Waals surface area contributed by atoms with Gasteiger partial charge >= 0.3 is 0 Å². The third-order valence-corrected chi connectivity index (χ3v) is 9.80. The maximum Gasteiger partial charge on any atom is 0.243 e. The normalized spacial score (nSPS) is 18.9. The van der Waals surface area contributed by atoms with Crippen LogP contribution in [0.15, 0.2) is 62.8 Å². The molecule has 0 radical (unpaired) electrons. The minimum absolute atomic E-state index is 0.140. The summed E-state index contributed by atoms with van der Waals surface area (Å²) in [5, 5.41) is 0. The van der Waals surface area contributed by atoms with Crippen molar-refractivity contribution in [2.75, 3.05) is 26.2 Å². The zero-order chi connectivity index (χ0) is 20.6. The van der Waals surface area contributed by atoms with E-state index in [0.29, 0.717) is 17.7 Å². The molecule has 2 aromatic rings. The van der Waals surface area contributed by atoms with E-state index in [9.17, 15) is 16.8 Å². The van der Waals surface area contributed by atoms with Crippen LogP contribution in [0.25, 0.3) is 6.08 Å². The summed E-state index contributed by atoms with van der Waals surface area (Å²) in [5.74, 6) is 0. The average molecular weight is 497 g/mol. The number of allylic oxidation sites excluding steroid dienone is 1. The summed E-state index contributed by atoms with van der Waals surface area (Å²) in [6, 6.07) is 14.3. The fourth-order valence-electron chi connectivity index (χ4n) is 3.68. The van der Waals surface area contributed by atoms with Gasteiger partial charge in [-0.1, -0.05) is 40.2 Å². The lowest BCUT2D eigenvalue weighted by atomic mass is 9.98. The van der Waals surface area contributed by atoms with E-state index in [4.69, 9.17) is 0 Å². The quantitative estimate of drug-likeness (QED) is 0.651. The second-order valence-corrected chi connectivity index (χ2v) is 11.9. The van der Waals surface area contributed by atoms with Crippen LogP contribution in [0.1, 0.15) is 17.5 Å². The lowest BCUT2D eigenvalue weighted by Gasteiger charge is -2.34. The molecule has 2 aliphatic rings. The predicted octanol–water partition coefficient (Wildman–Crippen LogP) is 3.07. The van der Waals surface area contributed by atoms with E-state index in [1.165, 1.54) is 8.61 Å². The van der Waals surface area contributed by atoms with Crippen LogP contribution in [0, 0.1) is 0 Å². The third-order valence-electron chi connectivity index (χ3n) is 5.33. The van der Waals surface area contributed by atoms with Gasteiger partial charge in [0.05, 0.1) is 9.80 Å². The van der Waals surface area contributed by atoms with E-state index in [-0.39, 0.29) is 31.1 Å². The van der Waals surface area contributed by atoms with Crippen molar-refractivity contribution in [2.45, 2.75) is 17.7 Å². The number of aryl methyl sites for hydroxylation is 1. The molecule has 1 aliphatic carbocycles. The molecule has 0 atom stereocenters. The number of sulfonamides is 2. The zero-order valence-electron chi connectivity index (χ0n) is 15.7. The number of hydrogen-bond donors (Lipinski definition) is 0. The van der Waals surface area contributed by atoms with Crippen molar-refractivity contribution in [3.05, 3.63) is 69.0 Å². The topological polar surface area (TPSA) is 74.8 Å². The van der Waals surface area contributed by atoms with Crippen molar-refractivity contribution >= 4 is 42.1 Å². The first kappa shape index (κ1) is 20.7. The Morgan fingerprint density at radius 1 is 0.724 bits per heavy atom. The number of fused-ring (bicyclic) bond motifs is 1. The van der Waals surface area contributed by atoms with Gasteiger partial charge in [0, 0.05) is 30.7 Å². The Bertz CT molecular complexity index is 1150. The molecule has 1 fully saturated rings. The van der Waals surface area contributed by atoms with Crippen molar-refractivity contribution in [3.8, 4) is 0 Å². The maximum atomic E-state index is 13.1. The summed E-state index contributed by atoms with van der Waals surface area (Å²) in [6.07, 6.45) is 2.91. The second kappa shape index (κ2) is 7.96. The Morgan fingerprint density at radius 2 is 1.31 bits per heavy atom. The molecule has 0 saturated carbocycles. The number of piperazine rings is 1. The first-order valence-electron chi connectivity index (χ1n) is 9.33. The maximum absolute atomic E-state index is 13.1. The van der Waals surface area contributed by atoms with Crippen molar-refractivity contribution in [2.24, 2.45) is 0 Å². The molecule has 4 rings (SSSR count). The lowest BCUT2D eigenvalue weighted by molar-refractivity contribution is 0.274. The summed E-state index contributed by atoms with van der Waals surface area (Å²) in [7, 11) is -7.24. The first-order chi connectivity index (χ1) is 13.8.